The Morgan fingerprint density at radius 1 is 1.05 bits per heavy atom. The fraction of sp³-hybridized carbons (Fsp3) is 0.846. The predicted octanol–water partition coefficient (Wildman–Crippen LogP) is -1.03. The van der Waals surface area contributed by atoms with Crippen molar-refractivity contribution in [1.82, 2.24) is 9.21 Å². The van der Waals surface area contributed by atoms with E-state index < -0.39 is 27.8 Å². The number of sulfonamides is 1. The number of carbonyl (C=O) groups is 2. The molecule has 0 aromatic heterocycles. The molecule has 3 heterocycles. The summed E-state index contributed by atoms with van der Waals surface area (Å²) in [5.74, 6) is -2.62. The van der Waals surface area contributed by atoms with Gasteiger partial charge in [-0.3, -0.25) is 9.59 Å². The number of hydrogen-bond acceptors (Lipinski definition) is 5. The van der Waals surface area contributed by atoms with Crippen molar-refractivity contribution < 1.29 is 27.9 Å². The van der Waals surface area contributed by atoms with Gasteiger partial charge in [0.25, 0.3) is 0 Å². The van der Waals surface area contributed by atoms with Crippen LogP contribution in [-0.2, 0) is 24.3 Å². The van der Waals surface area contributed by atoms with Gasteiger partial charge in [0, 0.05) is 26.2 Å². The van der Waals surface area contributed by atoms with E-state index in [0.717, 1.165) is 6.26 Å². The van der Waals surface area contributed by atoms with E-state index in [9.17, 15) is 23.1 Å². The molecule has 3 aliphatic heterocycles. The zero-order valence-electron chi connectivity index (χ0n) is 12.3. The van der Waals surface area contributed by atoms with E-state index >= 15 is 0 Å². The van der Waals surface area contributed by atoms with Gasteiger partial charge in [0.15, 0.2) is 0 Å². The maximum absolute atomic E-state index is 12.7. The van der Waals surface area contributed by atoms with Gasteiger partial charge in [-0.25, -0.2) is 8.42 Å². The Hall–Kier alpha value is -1.19. The largest absolute Gasteiger partial charge is 0.481 e. The zero-order chi connectivity index (χ0) is 16.1. The Bertz CT molecular complexity index is 583. The Labute approximate surface area is 129 Å². The summed E-state index contributed by atoms with van der Waals surface area (Å²) in [5.41, 5.74) is 0. The molecule has 0 spiro atoms. The van der Waals surface area contributed by atoms with Crippen LogP contribution in [-0.4, -0.2) is 79.2 Å². The maximum Gasteiger partial charge on any atom is 0.310 e. The van der Waals surface area contributed by atoms with Gasteiger partial charge < -0.3 is 14.7 Å². The number of piperazine rings is 1. The second-order valence-electron chi connectivity index (χ2n) is 6.17. The first-order valence-electron chi connectivity index (χ1n) is 7.41. The summed E-state index contributed by atoms with van der Waals surface area (Å²) in [4.78, 5) is 25.7. The number of aliphatic carboxylic acids is 1. The fourth-order valence-corrected chi connectivity index (χ4v) is 4.58. The second kappa shape index (κ2) is 5.47. The smallest absolute Gasteiger partial charge is 0.310 e. The van der Waals surface area contributed by atoms with Crippen molar-refractivity contribution >= 4 is 21.9 Å². The molecule has 3 aliphatic rings. The molecule has 0 aliphatic carbocycles. The first kappa shape index (κ1) is 15.7. The maximum atomic E-state index is 12.7. The van der Waals surface area contributed by atoms with Crippen LogP contribution in [0.3, 0.4) is 0 Å². The molecule has 0 aromatic rings. The minimum Gasteiger partial charge on any atom is -0.481 e. The van der Waals surface area contributed by atoms with E-state index in [-0.39, 0.29) is 31.2 Å². The lowest BCUT2D eigenvalue weighted by Gasteiger charge is -2.36. The minimum absolute atomic E-state index is 0.215. The number of amides is 1. The molecule has 3 saturated heterocycles. The van der Waals surface area contributed by atoms with Gasteiger partial charge in [-0.15, -0.1) is 0 Å². The van der Waals surface area contributed by atoms with Crippen LogP contribution in [0.2, 0.25) is 0 Å². The predicted molar refractivity (Wildman–Crippen MR) is 75.5 cm³/mol. The summed E-state index contributed by atoms with van der Waals surface area (Å²) < 4.78 is 29.9. The lowest BCUT2D eigenvalue weighted by Crippen LogP contribution is -2.54. The molecule has 0 unspecified atom stereocenters. The lowest BCUT2D eigenvalue weighted by atomic mass is 9.78. The molecule has 1 amide bonds. The fourth-order valence-electron chi connectivity index (χ4n) is 3.76. The van der Waals surface area contributed by atoms with Crippen LogP contribution in [0.5, 0.6) is 0 Å². The van der Waals surface area contributed by atoms with Crippen LogP contribution < -0.4 is 0 Å². The van der Waals surface area contributed by atoms with Crippen molar-refractivity contribution in [3.05, 3.63) is 0 Å². The number of carbonyl (C=O) groups excluding carboxylic acids is 1. The van der Waals surface area contributed by atoms with E-state index in [1.807, 2.05) is 0 Å². The van der Waals surface area contributed by atoms with Gasteiger partial charge in [-0.2, -0.15) is 4.31 Å². The Balaban J connectivity index is 1.69. The number of rotatable bonds is 3. The van der Waals surface area contributed by atoms with Crippen molar-refractivity contribution in [3.63, 3.8) is 0 Å². The zero-order valence-corrected chi connectivity index (χ0v) is 13.2. The minimum atomic E-state index is -3.25. The number of carboxylic acids is 1. The molecule has 3 rings (SSSR count). The first-order valence-corrected chi connectivity index (χ1v) is 9.26. The van der Waals surface area contributed by atoms with Crippen molar-refractivity contribution in [1.29, 1.82) is 0 Å². The third-order valence-electron chi connectivity index (χ3n) is 4.86. The van der Waals surface area contributed by atoms with Gasteiger partial charge in [0.05, 0.1) is 30.3 Å². The highest BCUT2D eigenvalue weighted by molar-refractivity contribution is 7.88. The third-order valence-corrected chi connectivity index (χ3v) is 6.17. The number of fused-ring (bicyclic) bond motifs is 2. The lowest BCUT2D eigenvalue weighted by molar-refractivity contribution is -0.151. The third kappa shape index (κ3) is 2.61. The quantitative estimate of drug-likeness (QED) is 0.708. The van der Waals surface area contributed by atoms with Crippen LogP contribution in [0.25, 0.3) is 0 Å². The van der Waals surface area contributed by atoms with Gasteiger partial charge in [-0.1, -0.05) is 0 Å². The number of ether oxygens (including phenoxy) is 1. The van der Waals surface area contributed by atoms with E-state index in [1.165, 1.54) is 4.31 Å². The normalized spacial score (nSPS) is 35.8. The van der Waals surface area contributed by atoms with Gasteiger partial charge in [0.2, 0.25) is 15.9 Å². The second-order valence-corrected chi connectivity index (χ2v) is 8.15. The Morgan fingerprint density at radius 3 is 2.09 bits per heavy atom. The summed E-state index contributed by atoms with van der Waals surface area (Å²) in [5, 5.41) is 9.36. The van der Waals surface area contributed by atoms with Crippen molar-refractivity contribution in [2.45, 2.75) is 25.0 Å². The van der Waals surface area contributed by atoms with E-state index in [2.05, 4.69) is 0 Å². The van der Waals surface area contributed by atoms with Gasteiger partial charge >= 0.3 is 5.97 Å². The molecule has 124 valence electrons. The highest BCUT2D eigenvalue weighted by atomic mass is 32.2. The standard InChI is InChI=1S/C13H20N2O6S/c1-22(19,20)15-6-4-14(5-7-15)12(16)10-8-2-3-9(21-8)11(10)13(17)18/h8-11H,2-7H2,1H3,(H,17,18)/t8-,9+,10-,11+/m1/s1. The van der Waals surface area contributed by atoms with Crippen LogP contribution in [0.4, 0.5) is 0 Å². The molecule has 0 saturated carbocycles. The van der Waals surface area contributed by atoms with E-state index in [1.54, 1.807) is 4.90 Å². The highest BCUT2D eigenvalue weighted by Gasteiger charge is 2.56. The van der Waals surface area contributed by atoms with E-state index in [0.29, 0.717) is 25.9 Å². The number of nitrogens with zero attached hydrogens (tertiary/aromatic N) is 2. The van der Waals surface area contributed by atoms with Crippen LogP contribution >= 0.6 is 0 Å². The molecule has 3 fully saturated rings. The van der Waals surface area contributed by atoms with Crippen LogP contribution in [0.15, 0.2) is 0 Å². The molecular weight excluding hydrogens is 312 g/mol. The molecule has 22 heavy (non-hydrogen) atoms. The summed E-state index contributed by atoms with van der Waals surface area (Å²) >= 11 is 0. The molecule has 4 atom stereocenters. The first-order chi connectivity index (χ1) is 10.3. The van der Waals surface area contributed by atoms with Crippen molar-refractivity contribution in [2.75, 3.05) is 32.4 Å². The molecule has 2 bridgehead atoms. The summed E-state index contributed by atoms with van der Waals surface area (Å²) in [6, 6.07) is 0. The van der Waals surface area contributed by atoms with Gasteiger partial charge in [0.1, 0.15) is 0 Å². The average Bonchev–Trinajstić information content (AvgIpc) is 3.06. The summed E-state index contributed by atoms with van der Waals surface area (Å²) in [6.45, 7) is 1.10. The molecule has 0 radical (unpaired) electrons. The topological polar surface area (TPSA) is 104 Å². The molecule has 8 nitrogen and oxygen atoms in total. The van der Waals surface area contributed by atoms with E-state index in [4.69, 9.17) is 4.74 Å². The molecule has 0 aromatic carbocycles. The molecular formula is C13H20N2O6S. The summed E-state index contributed by atoms with van der Waals surface area (Å²) in [6.07, 6.45) is 1.87. The number of carboxylic acid groups (broad SMARTS) is 1. The number of hydrogen-bond donors (Lipinski definition) is 1. The van der Waals surface area contributed by atoms with Crippen LogP contribution in [0, 0.1) is 11.8 Å². The average molecular weight is 332 g/mol. The van der Waals surface area contributed by atoms with Crippen molar-refractivity contribution in [2.24, 2.45) is 11.8 Å². The Kier molecular flexibility index (Phi) is 3.90. The SMILES string of the molecule is CS(=O)(=O)N1CCN(C(=O)[C@H]2[C@@H](C(=O)O)[C@@H]3CC[C@H]2O3)CC1. The molecule has 9 heteroatoms. The monoisotopic (exact) mass is 332 g/mol. The van der Waals surface area contributed by atoms with Crippen LogP contribution in [0.1, 0.15) is 12.8 Å². The Morgan fingerprint density at radius 2 is 1.59 bits per heavy atom. The highest BCUT2D eigenvalue weighted by Crippen LogP contribution is 2.44. The van der Waals surface area contributed by atoms with Crippen molar-refractivity contribution in [3.8, 4) is 0 Å². The summed E-state index contributed by atoms with van der Waals surface area (Å²) in [7, 11) is -3.25. The molecule has 1 N–H and O–H groups in total. The van der Waals surface area contributed by atoms with Gasteiger partial charge in [-0.05, 0) is 12.8 Å².